The first-order valence-electron chi connectivity index (χ1n) is 10.6. The van der Waals surface area contributed by atoms with Gasteiger partial charge in [0.25, 0.3) is 0 Å². The summed E-state index contributed by atoms with van der Waals surface area (Å²) in [5.41, 5.74) is 7.52. The molecular weight excluding hydrogens is 390 g/mol. The smallest absolute Gasteiger partial charge is 0.0561 e. The molecule has 0 unspecified atom stereocenters. The highest BCUT2D eigenvalue weighted by molar-refractivity contribution is 5.97. The zero-order valence-electron chi connectivity index (χ0n) is 17.7. The molecule has 2 heterocycles. The van der Waals surface area contributed by atoms with Crippen LogP contribution in [0.3, 0.4) is 0 Å². The summed E-state index contributed by atoms with van der Waals surface area (Å²) in [6, 6.07) is 31.4. The second kappa shape index (κ2) is 8.40. The van der Waals surface area contributed by atoms with Crippen molar-refractivity contribution in [3.8, 4) is 5.69 Å². The molecular formula is C29H23N3. The van der Waals surface area contributed by atoms with Crippen LogP contribution in [0.1, 0.15) is 11.3 Å². The van der Waals surface area contributed by atoms with Crippen LogP contribution in [0.2, 0.25) is 0 Å². The van der Waals surface area contributed by atoms with Gasteiger partial charge in [-0.25, -0.2) is 0 Å². The van der Waals surface area contributed by atoms with Gasteiger partial charge in [0.1, 0.15) is 0 Å². The Kier molecular flexibility index (Phi) is 5.14. The fraction of sp³-hybridized carbons (Fsp3) is 0. The summed E-state index contributed by atoms with van der Waals surface area (Å²) in [4.78, 5) is 6.44. The van der Waals surface area contributed by atoms with Crippen molar-refractivity contribution in [1.29, 1.82) is 0 Å². The second-order valence-corrected chi connectivity index (χ2v) is 7.46. The Bertz CT molecular complexity index is 1350. The fourth-order valence-corrected chi connectivity index (χ4v) is 4.25. The zero-order valence-corrected chi connectivity index (χ0v) is 17.7. The molecule has 0 saturated carbocycles. The molecule has 0 fully saturated rings. The summed E-state index contributed by atoms with van der Waals surface area (Å²) in [6.45, 7) is 8.16. The van der Waals surface area contributed by atoms with E-state index in [-0.39, 0.29) is 0 Å². The average Bonchev–Trinajstić information content (AvgIpc) is 3.19. The van der Waals surface area contributed by atoms with Crippen LogP contribution in [0.15, 0.2) is 117 Å². The standard InChI is InChI=1S/C29H23N3/c1-3-26-27-16-15-25(21-29(27)32(28(26)4-2)23-13-9-6-10-14-23)31(22-11-7-5-8-12-22)24-17-19-30-20-18-24/h3-21H,1-2H2. The van der Waals surface area contributed by atoms with Crippen LogP contribution in [-0.4, -0.2) is 9.55 Å². The van der Waals surface area contributed by atoms with Gasteiger partial charge >= 0.3 is 0 Å². The summed E-state index contributed by atoms with van der Waals surface area (Å²) in [7, 11) is 0. The lowest BCUT2D eigenvalue weighted by Gasteiger charge is -2.25. The molecule has 0 N–H and O–H groups in total. The first kappa shape index (κ1) is 19.6. The van der Waals surface area contributed by atoms with Gasteiger partial charge in [-0.1, -0.05) is 61.7 Å². The molecule has 3 aromatic carbocycles. The summed E-state index contributed by atoms with van der Waals surface area (Å²) in [6.07, 6.45) is 7.46. The van der Waals surface area contributed by atoms with Crippen LogP contribution in [0, 0.1) is 0 Å². The quantitative estimate of drug-likeness (QED) is 0.283. The normalized spacial score (nSPS) is 10.8. The van der Waals surface area contributed by atoms with Gasteiger partial charge in [0, 0.05) is 46.1 Å². The molecule has 5 aromatic rings. The van der Waals surface area contributed by atoms with E-state index >= 15 is 0 Å². The van der Waals surface area contributed by atoms with Gasteiger partial charge in [-0.15, -0.1) is 0 Å². The predicted molar refractivity (Wildman–Crippen MR) is 136 cm³/mol. The van der Waals surface area contributed by atoms with Crippen molar-refractivity contribution in [2.24, 2.45) is 0 Å². The molecule has 0 aliphatic carbocycles. The minimum atomic E-state index is 1.04. The number of pyridine rings is 1. The molecule has 0 aliphatic heterocycles. The maximum absolute atomic E-state index is 4.20. The van der Waals surface area contributed by atoms with E-state index in [0.717, 1.165) is 44.9 Å². The van der Waals surface area contributed by atoms with Crippen molar-refractivity contribution in [2.75, 3.05) is 4.90 Å². The van der Waals surface area contributed by atoms with E-state index in [1.54, 1.807) is 0 Å². The lowest BCUT2D eigenvalue weighted by molar-refractivity contribution is 1.10. The van der Waals surface area contributed by atoms with Crippen LogP contribution in [0.25, 0.3) is 28.7 Å². The van der Waals surface area contributed by atoms with Gasteiger partial charge in [0.05, 0.1) is 11.2 Å². The Morgan fingerprint density at radius 2 is 1.34 bits per heavy atom. The van der Waals surface area contributed by atoms with Crippen molar-refractivity contribution >= 4 is 40.1 Å². The number of benzene rings is 3. The first-order chi connectivity index (χ1) is 15.8. The minimum Gasteiger partial charge on any atom is -0.310 e. The summed E-state index contributed by atoms with van der Waals surface area (Å²) < 4.78 is 2.25. The number of para-hydroxylation sites is 2. The largest absolute Gasteiger partial charge is 0.310 e. The molecule has 0 spiro atoms. The second-order valence-electron chi connectivity index (χ2n) is 7.46. The average molecular weight is 414 g/mol. The highest BCUT2D eigenvalue weighted by atomic mass is 15.1. The van der Waals surface area contributed by atoms with Crippen LogP contribution in [-0.2, 0) is 0 Å². The molecule has 0 aliphatic rings. The van der Waals surface area contributed by atoms with Crippen molar-refractivity contribution in [1.82, 2.24) is 9.55 Å². The molecule has 5 rings (SSSR count). The molecule has 32 heavy (non-hydrogen) atoms. The van der Waals surface area contributed by atoms with Crippen LogP contribution in [0.4, 0.5) is 17.1 Å². The third-order valence-corrected chi connectivity index (χ3v) is 5.63. The third kappa shape index (κ3) is 3.30. The molecule has 3 heteroatoms. The van der Waals surface area contributed by atoms with Gasteiger partial charge in [-0.05, 0) is 54.6 Å². The maximum Gasteiger partial charge on any atom is 0.0561 e. The fourth-order valence-electron chi connectivity index (χ4n) is 4.25. The van der Waals surface area contributed by atoms with Crippen molar-refractivity contribution < 1.29 is 0 Å². The molecule has 154 valence electrons. The first-order valence-corrected chi connectivity index (χ1v) is 10.6. The third-order valence-electron chi connectivity index (χ3n) is 5.63. The summed E-state index contributed by atoms with van der Waals surface area (Å²) in [5.74, 6) is 0. The van der Waals surface area contributed by atoms with Crippen LogP contribution >= 0.6 is 0 Å². The van der Waals surface area contributed by atoms with E-state index < -0.39 is 0 Å². The van der Waals surface area contributed by atoms with Crippen molar-refractivity contribution in [3.63, 3.8) is 0 Å². The Hall–Kier alpha value is -4.37. The zero-order chi connectivity index (χ0) is 21.9. The van der Waals surface area contributed by atoms with E-state index in [4.69, 9.17) is 0 Å². The Balaban J connectivity index is 1.80. The van der Waals surface area contributed by atoms with Crippen LogP contribution < -0.4 is 4.90 Å². The number of hydrogen-bond acceptors (Lipinski definition) is 2. The Morgan fingerprint density at radius 3 is 2.00 bits per heavy atom. The van der Waals surface area contributed by atoms with E-state index in [1.165, 1.54) is 0 Å². The Morgan fingerprint density at radius 1 is 0.688 bits per heavy atom. The van der Waals surface area contributed by atoms with Crippen molar-refractivity contribution in [2.45, 2.75) is 0 Å². The van der Waals surface area contributed by atoms with E-state index in [2.05, 4.69) is 94.3 Å². The summed E-state index contributed by atoms with van der Waals surface area (Å²) >= 11 is 0. The molecule has 0 bridgehead atoms. The Labute approximate surface area is 188 Å². The molecule has 0 amide bonds. The number of hydrogen-bond donors (Lipinski definition) is 0. The number of nitrogens with zero attached hydrogens (tertiary/aromatic N) is 3. The van der Waals surface area contributed by atoms with E-state index in [0.29, 0.717) is 0 Å². The monoisotopic (exact) mass is 413 g/mol. The molecule has 0 radical (unpaired) electrons. The van der Waals surface area contributed by atoms with Crippen LogP contribution in [0.5, 0.6) is 0 Å². The topological polar surface area (TPSA) is 21.1 Å². The van der Waals surface area contributed by atoms with Gasteiger partial charge in [-0.3, -0.25) is 4.98 Å². The number of rotatable bonds is 6. The molecule has 3 nitrogen and oxygen atoms in total. The van der Waals surface area contributed by atoms with Gasteiger partial charge in [-0.2, -0.15) is 0 Å². The molecule has 0 saturated heterocycles. The SMILES string of the molecule is C=Cc1c(C=C)n(-c2ccccc2)c2cc(N(c3ccccc3)c3ccncc3)ccc12. The van der Waals surface area contributed by atoms with Gasteiger partial charge < -0.3 is 9.47 Å². The molecule has 2 aromatic heterocycles. The van der Waals surface area contributed by atoms with Crippen molar-refractivity contribution in [3.05, 3.63) is 128 Å². The lowest BCUT2D eigenvalue weighted by atomic mass is 10.1. The number of anilines is 3. The van der Waals surface area contributed by atoms with Gasteiger partial charge in [0.15, 0.2) is 0 Å². The number of aromatic nitrogens is 2. The predicted octanol–water partition coefficient (Wildman–Crippen LogP) is 7.78. The van der Waals surface area contributed by atoms with Gasteiger partial charge in [0.2, 0.25) is 0 Å². The molecule has 0 atom stereocenters. The van der Waals surface area contributed by atoms with E-state index in [1.807, 2.05) is 48.8 Å². The number of fused-ring (bicyclic) bond motifs is 1. The highest BCUT2D eigenvalue weighted by Gasteiger charge is 2.18. The summed E-state index contributed by atoms with van der Waals surface area (Å²) in [5, 5.41) is 1.14. The highest BCUT2D eigenvalue weighted by Crippen LogP contribution is 2.38. The van der Waals surface area contributed by atoms with E-state index in [9.17, 15) is 0 Å². The maximum atomic E-state index is 4.20. The lowest BCUT2D eigenvalue weighted by Crippen LogP contribution is -2.10. The minimum absolute atomic E-state index is 1.04.